The fourth-order valence-electron chi connectivity index (χ4n) is 2.32. The minimum atomic E-state index is 0.525. The van der Waals surface area contributed by atoms with Crippen LogP contribution in [0.2, 0.25) is 0 Å². The van der Waals surface area contributed by atoms with E-state index >= 15 is 0 Å². The van der Waals surface area contributed by atoms with Gasteiger partial charge in [0.25, 0.3) is 0 Å². The Morgan fingerprint density at radius 2 is 1.92 bits per heavy atom. The smallest absolute Gasteiger partial charge is 0.0138 e. The highest BCUT2D eigenvalue weighted by Crippen LogP contribution is 2.17. The van der Waals surface area contributed by atoms with Crippen molar-refractivity contribution < 1.29 is 0 Å². The van der Waals surface area contributed by atoms with Crippen molar-refractivity contribution in [2.75, 3.05) is 39.3 Å². The molecule has 0 aliphatic carbocycles. The fraction of sp³-hybridized carbons (Fsp3) is 0.900. The number of hydrogen-bond donors (Lipinski definition) is 2. The van der Waals surface area contributed by atoms with Gasteiger partial charge in [-0.3, -0.25) is 4.90 Å². The Kier molecular flexibility index (Phi) is 3.19. The van der Waals surface area contributed by atoms with Gasteiger partial charge in [-0.2, -0.15) is 0 Å². The lowest BCUT2D eigenvalue weighted by Crippen LogP contribution is -2.50. The van der Waals surface area contributed by atoms with Gasteiger partial charge in [0.1, 0.15) is 0 Å². The fourth-order valence-corrected chi connectivity index (χ4v) is 2.32. The predicted octanol–water partition coefficient (Wildman–Crippen LogP) is -0.296. The molecule has 13 heavy (non-hydrogen) atoms. The van der Waals surface area contributed by atoms with Crippen molar-refractivity contribution in [1.82, 2.24) is 15.5 Å². The topological polar surface area (TPSA) is 27.3 Å². The summed E-state index contributed by atoms with van der Waals surface area (Å²) in [6, 6.07) is 0.525. The van der Waals surface area contributed by atoms with E-state index in [2.05, 4.69) is 22.5 Å². The summed E-state index contributed by atoms with van der Waals surface area (Å²) < 4.78 is 0. The van der Waals surface area contributed by atoms with E-state index < -0.39 is 0 Å². The molecule has 2 N–H and O–H groups in total. The molecule has 2 fully saturated rings. The average molecular weight is 182 g/mol. The predicted molar refractivity (Wildman–Crippen MR) is 54.6 cm³/mol. The molecule has 0 amide bonds. The van der Waals surface area contributed by atoms with Crippen molar-refractivity contribution in [1.29, 1.82) is 0 Å². The van der Waals surface area contributed by atoms with Crippen LogP contribution in [0.25, 0.3) is 0 Å². The van der Waals surface area contributed by atoms with Crippen LogP contribution >= 0.6 is 0 Å². The number of nitrogens with zero attached hydrogens (tertiary/aromatic N) is 1. The van der Waals surface area contributed by atoms with Gasteiger partial charge in [-0.1, -0.05) is 0 Å². The number of rotatable bonds is 2. The van der Waals surface area contributed by atoms with Gasteiger partial charge in [-0.15, -0.1) is 0 Å². The molecule has 2 aliphatic heterocycles. The monoisotopic (exact) mass is 182 g/mol. The molecule has 0 bridgehead atoms. The summed E-state index contributed by atoms with van der Waals surface area (Å²) in [6.07, 6.45) is 1.30. The molecule has 2 atom stereocenters. The largest absolute Gasteiger partial charge is 0.316 e. The maximum Gasteiger partial charge on any atom is 0.0138 e. The zero-order valence-electron chi connectivity index (χ0n) is 8.26. The Labute approximate surface area is 80.9 Å². The van der Waals surface area contributed by atoms with Crippen LogP contribution in [-0.2, 0) is 0 Å². The maximum absolute atomic E-state index is 4.30. The van der Waals surface area contributed by atoms with E-state index in [9.17, 15) is 0 Å². The van der Waals surface area contributed by atoms with Crippen molar-refractivity contribution in [3.8, 4) is 0 Å². The summed E-state index contributed by atoms with van der Waals surface area (Å²) in [5.41, 5.74) is 0. The zero-order valence-corrected chi connectivity index (χ0v) is 8.26. The van der Waals surface area contributed by atoms with E-state index in [1.54, 1.807) is 0 Å². The van der Waals surface area contributed by atoms with E-state index in [4.69, 9.17) is 0 Å². The summed E-state index contributed by atoms with van der Waals surface area (Å²) >= 11 is 0. The van der Waals surface area contributed by atoms with Crippen molar-refractivity contribution in [2.45, 2.75) is 12.5 Å². The van der Waals surface area contributed by atoms with E-state index in [0.717, 1.165) is 25.6 Å². The first-order valence-corrected chi connectivity index (χ1v) is 5.36. The molecular formula is C10H20N3. The molecule has 0 aromatic rings. The first kappa shape index (κ1) is 9.44. The van der Waals surface area contributed by atoms with Crippen molar-refractivity contribution in [3.05, 3.63) is 6.92 Å². The SMILES string of the molecule is [CH2]C(C1CCNC1)N1CCNCC1. The molecule has 2 rings (SSSR count). The molecule has 0 spiro atoms. The van der Waals surface area contributed by atoms with Crippen LogP contribution in [0.4, 0.5) is 0 Å². The molecule has 0 saturated carbocycles. The number of hydrogen-bond acceptors (Lipinski definition) is 3. The molecule has 2 heterocycles. The molecule has 3 heteroatoms. The first-order valence-electron chi connectivity index (χ1n) is 5.36. The van der Waals surface area contributed by atoms with E-state index in [0.29, 0.717) is 6.04 Å². The minimum absolute atomic E-state index is 0.525. The first-order chi connectivity index (χ1) is 6.38. The van der Waals surface area contributed by atoms with Crippen molar-refractivity contribution in [3.63, 3.8) is 0 Å². The van der Waals surface area contributed by atoms with Crippen LogP contribution in [0.1, 0.15) is 6.42 Å². The van der Waals surface area contributed by atoms with Crippen LogP contribution in [0, 0.1) is 12.8 Å². The van der Waals surface area contributed by atoms with Crippen molar-refractivity contribution >= 4 is 0 Å². The van der Waals surface area contributed by atoms with E-state index in [1.807, 2.05) is 0 Å². The lowest BCUT2D eigenvalue weighted by atomic mass is 9.98. The summed E-state index contributed by atoms with van der Waals surface area (Å²) in [7, 11) is 0. The van der Waals surface area contributed by atoms with Gasteiger partial charge in [-0.25, -0.2) is 0 Å². The van der Waals surface area contributed by atoms with Gasteiger partial charge >= 0.3 is 0 Å². The lowest BCUT2D eigenvalue weighted by molar-refractivity contribution is 0.160. The third-order valence-corrected chi connectivity index (χ3v) is 3.26. The average Bonchev–Trinajstić information content (AvgIpc) is 2.71. The Morgan fingerprint density at radius 1 is 1.15 bits per heavy atom. The van der Waals surface area contributed by atoms with Crippen LogP contribution in [0.5, 0.6) is 0 Å². The summed E-state index contributed by atoms with van der Waals surface area (Å²) in [5, 5.41) is 6.79. The van der Waals surface area contributed by atoms with Gasteiger partial charge in [-0.05, 0) is 32.4 Å². The second-order valence-electron chi connectivity index (χ2n) is 4.11. The normalized spacial score (nSPS) is 33.5. The second-order valence-corrected chi connectivity index (χ2v) is 4.11. The summed E-state index contributed by atoms with van der Waals surface area (Å²) in [6.45, 7) is 11.3. The zero-order chi connectivity index (χ0) is 9.10. The van der Waals surface area contributed by atoms with Crippen LogP contribution in [0.3, 0.4) is 0 Å². The third kappa shape index (κ3) is 2.22. The van der Waals surface area contributed by atoms with Gasteiger partial charge in [0.2, 0.25) is 0 Å². The van der Waals surface area contributed by atoms with Crippen molar-refractivity contribution in [2.24, 2.45) is 5.92 Å². The molecule has 0 aromatic heterocycles. The van der Waals surface area contributed by atoms with Crippen LogP contribution in [0.15, 0.2) is 0 Å². The van der Waals surface area contributed by atoms with Crippen LogP contribution in [-0.4, -0.2) is 50.2 Å². The Bertz CT molecular complexity index is 148. The van der Waals surface area contributed by atoms with Gasteiger partial charge in [0.15, 0.2) is 0 Å². The summed E-state index contributed by atoms with van der Waals surface area (Å²) in [5.74, 6) is 0.776. The van der Waals surface area contributed by atoms with Crippen LogP contribution < -0.4 is 10.6 Å². The quantitative estimate of drug-likeness (QED) is 0.614. The maximum atomic E-state index is 4.30. The summed E-state index contributed by atoms with van der Waals surface area (Å²) in [4.78, 5) is 2.52. The minimum Gasteiger partial charge on any atom is -0.316 e. The molecule has 3 nitrogen and oxygen atoms in total. The number of piperazine rings is 1. The molecule has 2 aliphatic rings. The van der Waals surface area contributed by atoms with Gasteiger partial charge < -0.3 is 10.6 Å². The Balaban J connectivity index is 1.83. The lowest BCUT2D eigenvalue weighted by Gasteiger charge is -2.35. The Morgan fingerprint density at radius 3 is 2.54 bits per heavy atom. The highest BCUT2D eigenvalue weighted by molar-refractivity contribution is 4.88. The van der Waals surface area contributed by atoms with E-state index in [-0.39, 0.29) is 0 Å². The van der Waals surface area contributed by atoms with Gasteiger partial charge in [0, 0.05) is 32.2 Å². The molecule has 2 unspecified atom stereocenters. The molecule has 75 valence electrons. The molecule has 2 saturated heterocycles. The standard InChI is InChI=1S/C10H20N3/c1-9(10-2-3-12-8-10)13-6-4-11-5-7-13/h9-12H,1-8H2. The highest BCUT2D eigenvalue weighted by atomic mass is 15.2. The Hall–Kier alpha value is -0.120. The molecular weight excluding hydrogens is 162 g/mol. The highest BCUT2D eigenvalue weighted by Gasteiger charge is 2.26. The third-order valence-electron chi connectivity index (χ3n) is 3.26. The van der Waals surface area contributed by atoms with Gasteiger partial charge in [0.05, 0.1) is 0 Å². The second kappa shape index (κ2) is 4.40. The molecule has 0 aromatic carbocycles. The molecule has 1 radical (unpaired) electrons. The van der Waals surface area contributed by atoms with E-state index in [1.165, 1.54) is 26.1 Å². The number of nitrogens with one attached hydrogen (secondary N) is 2.